The van der Waals surface area contributed by atoms with Gasteiger partial charge in [0.1, 0.15) is 0 Å². The first-order valence-corrected chi connectivity index (χ1v) is 11.4. The molecule has 0 saturated carbocycles. The van der Waals surface area contributed by atoms with E-state index < -0.39 is 0 Å². The number of anilines is 1. The first-order valence-electron chi connectivity index (χ1n) is 9.81. The van der Waals surface area contributed by atoms with Gasteiger partial charge in [0.2, 0.25) is 23.5 Å². The molecular formula is C21H20N6O3S2. The summed E-state index contributed by atoms with van der Waals surface area (Å²) in [7, 11) is 0. The minimum Gasteiger partial charge on any atom is -0.351 e. The van der Waals surface area contributed by atoms with Gasteiger partial charge in [0.25, 0.3) is 0 Å². The number of thiazole rings is 1. The summed E-state index contributed by atoms with van der Waals surface area (Å²) < 4.78 is 5.24. The highest BCUT2D eigenvalue weighted by molar-refractivity contribution is 7.18. The van der Waals surface area contributed by atoms with Crippen LogP contribution in [0.2, 0.25) is 0 Å². The van der Waals surface area contributed by atoms with E-state index >= 15 is 0 Å². The van der Waals surface area contributed by atoms with Crippen LogP contribution in [0.15, 0.2) is 41.2 Å². The third kappa shape index (κ3) is 5.42. The van der Waals surface area contributed by atoms with Gasteiger partial charge < -0.3 is 15.2 Å². The van der Waals surface area contributed by atoms with Crippen LogP contribution < -0.4 is 10.6 Å². The molecule has 2 N–H and O–H groups in total. The number of carbonyl (C=O) groups is 2. The third-order valence-electron chi connectivity index (χ3n) is 4.42. The predicted octanol–water partition coefficient (Wildman–Crippen LogP) is 3.83. The molecule has 32 heavy (non-hydrogen) atoms. The second kappa shape index (κ2) is 9.79. The molecule has 4 heterocycles. The van der Waals surface area contributed by atoms with Gasteiger partial charge in [-0.1, -0.05) is 5.16 Å². The highest BCUT2D eigenvalue weighted by atomic mass is 32.1. The molecule has 4 rings (SSSR count). The van der Waals surface area contributed by atoms with Gasteiger partial charge in [-0.3, -0.25) is 14.6 Å². The van der Waals surface area contributed by atoms with Crippen LogP contribution >= 0.6 is 22.7 Å². The summed E-state index contributed by atoms with van der Waals surface area (Å²) in [6.45, 7) is 3.95. The standard InChI is InChI=1S/C21H20N6O3S2/c1-12-19(16-4-3-15(32-16)11-23-13(2)28)26-21(31-12)24-17(29)5-6-18-25-20(27-30-18)14-7-9-22-10-8-14/h3-4,7-10H,5-6,11H2,1-2H3,(H,23,28)(H,24,26,29). The molecule has 0 unspecified atom stereocenters. The van der Waals surface area contributed by atoms with Crippen LogP contribution in [-0.2, 0) is 22.6 Å². The van der Waals surface area contributed by atoms with Gasteiger partial charge in [0, 0.05) is 47.5 Å². The van der Waals surface area contributed by atoms with Gasteiger partial charge in [0.15, 0.2) is 5.13 Å². The van der Waals surface area contributed by atoms with Crippen molar-refractivity contribution in [3.63, 3.8) is 0 Å². The number of rotatable bonds is 8. The molecule has 0 saturated heterocycles. The van der Waals surface area contributed by atoms with Crippen molar-refractivity contribution in [3.8, 4) is 22.0 Å². The average molecular weight is 469 g/mol. The molecule has 4 aromatic rings. The van der Waals surface area contributed by atoms with E-state index in [1.807, 2.05) is 19.1 Å². The van der Waals surface area contributed by atoms with Crippen LogP contribution in [0, 0.1) is 6.92 Å². The lowest BCUT2D eigenvalue weighted by Gasteiger charge is -1.99. The fourth-order valence-corrected chi connectivity index (χ4v) is 4.77. The smallest absolute Gasteiger partial charge is 0.227 e. The van der Waals surface area contributed by atoms with Crippen LogP contribution in [0.4, 0.5) is 5.13 Å². The summed E-state index contributed by atoms with van der Waals surface area (Å²) in [6.07, 6.45) is 3.84. The summed E-state index contributed by atoms with van der Waals surface area (Å²) in [5.41, 5.74) is 1.64. The van der Waals surface area contributed by atoms with Gasteiger partial charge in [0.05, 0.1) is 17.1 Å². The molecule has 0 spiro atoms. The molecule has 0 aliphatic heterocycles. The Morgan fingerprint density at radius 3 is 2.69 bits per heavy atom. The van der Waals surface area contributed by atoms with Crippen molar-refractivity contribution in [2.24, 2.45) is 0 Å². The number of hydrogen-bond donors (Lipinski definition) is 2. The molecule has 0 aliphatic rings. The maximum atomic E-state index is 12.4. The lowest BCUT2D eigenvalue weighted by atomic mass is 10.2. The highest BCUT2D eigenvalue weighted by Gasteiger charge is 2.15. The zero-order valence-corrected chi connectivity index (χ0v) is 19.0. The molecular weight excluding hydrogens is 448 g/mol. The number of pyridine rings is 1. The highest BCUT2D eigenvalue weighted by Crippen LogP contribution is 2.34. The van der Waals surface area contributed by atoms with Gasteiger partial charge in [-0.15, -0.1) is 22.7 Å². The SMILES string of the molecule is CC(=O)NCc1ccc(-c2nc(NC(=O)CCc3nc(-c4ccncc4)no3)sc2C)s1. The van der Waals surface area contributed by atoms with Gasteiger partial charge in [-0.2, -0.15) is 4.98 Å². The topological polar surface area (TPSA) is 123 Å². The summed E-state index contributed by atoms with van der Waals surface area (Å²) in [6, 6.07) is 7.53. The zero-order valence-electron chi connectivity index (χ0n) is 17.4. The number of aryl methyl sites for hydroxylation is 2. The maximum absolute atomic E-state index is 12.4. The van der Waals surface area contributed by atoms with E-state index in [0.717, 1.165) is 25.9 Å². The van der Waals surface area contributed by atoms with Crippen molar-refractivity contribution in [3.05, 3.63) is 52.3 Å². The molecule has 4 aromatic heterocycles. The Bertz CT molecular complexity index is 1230. The molecule has 0 radical (unpaired) electrons. The lowest BCUT2D eigenvalue weighted by Crippen LogP contribution is -2.17. The van der Waals surface area contributed by atoms with Crippen molar-refractivity contribution in [2.75, 3.05) is 5.32 Å². The Morgan fingerprint density at radius 2 is 1.91 bits per heavy atom. The monoisotopic (exact) mass is 468 g/mol. The largest absolute Gasteiger partial charge is 0.351 e. The van der Waals surface area contributed by atoms with Crippen LogP contribution in [0.25, 0.3) is 22.0 Å². The number of carbonyl (C=O) groups excluding carboxylic acids is 2. The Balaban J connectivity index is 1.33. The number of nitrogens with zero attached hydrogens (tertiary/aromatic N) is 4. The van der Waals surface area contributed by atoms with E-state index in [1.54, 1.807) is 35.9 Å². The Morgan fingerprint density at radius 1 is 1.09 bits per heavy atom. The molecule has 0 aromatic carbocycles. The Labute approximate surface area is 191 Å². The van der Waals surface area contributed by atoms with E-state index in [2.05, 4.69) is 30.7 Å². The van der Waals surface area contributed by atoms with Crippen LogP contribution in [0.3, 0.4) is 0 Å². The molecule has 11 heteroatoms. The first kappa shape index (κ1) is 21.8. The van der Waals surface area contributed by atoms with Crippen LogP contribution in [-0.4, -0.2) is 31.9 Å². The molecule has 0 aliphatic carbocycles. The second-order valence-electron chi connectivity index (χ2n) is 6.90. The average Bonchev–Trinajstić information content (AvgIpc) is 3.51. The maximum Gasteiger partial charge on any atom is 0.227 e. The van der Waals surface area contributed by atoms with Gasteiger partial charge >= 0.3 is 0 Å². The van der Waals surface area contributed by atoms with Gasteiger partial charge in [-0.05, 0) is 31.2 Å². The quantitative estimate of drug-likeness (QED) is 0.403. The van der Waals surface area contributed by atoms with Gasteiger partial charge in [-0.25, -0.2) is 4.98 Å². The summed E-state index contributed by atoms with van der Waals surface area (Å²) in [5, 5.41) is 10.1. The number of aromatic nitrogens is 4. The molecule has 0 fully saturated rings. The number of nitrogens with one attached hydrogen (secondary N) is 2. The lowest BCUT2D eigenvalue weighted by molar-refractivity contribution is -0.119. The van der Waals surface area contributed by atoms with Crippen molar-refractivity contribution >= 4 is 39.6 Å². The summed E-state index contributed by atoms with van der Waals surface area (Å²) in [5.74, 6) is 0.625. The zero-order chi connectivity index (χ0) is 22.5. The Hall–Kier alpha value is -3.44. The molecule has 164 valence electrons. The van der Waals surface area contributed by atoms with Crippen molar-refractivity contribution in [2.45, 2.75) is 33.2 Å². The molecule has 2 amide bonds. The normalized spacial score (nSPS) is 10.8. The molecule has 0 bridgehead atoms. The predicted molar refractivity (Wildman–Crippen MR) is 122 cm³/mol. The third-order valence-corrected chi connectivity index (χ3v) is 6.40. The fourth-order valence-electron chi connectivity index (χ4n) is 2.87. The van der Waals surface area contributed by atoms with E-state index in [1.165, 1.54) is 18.3 Å². The molecule has 0 atom stereocenters. The second-order valence-corrected chi connectivity index (χ2v) is 9.27. The summed E-state index contributed by atoms with van der Waals surface area (Å²) >= 11 is 2.99. The summed E-state index contributed by atoms with van der Waals surface area (Å²) in [4.78, 5) is 39.4. The molecule has 9 nitrogen and oxygen atoms in total. The number of amides is 2. The number of thiophene rings is 1. The van der Waals surface area contributed by atoms with E-state index in [4.69, 9.17) is 4.52 Å². The van der Waals surface area contributed by atoms with Crippen molar-refractivity contribution < 1.29 is 14.1 Å². The van der Waals surface area contributed by atoms with Crippen LogP contribution in [0.5, 0.6) is 0 Å². The fraction of sp³-hybridized carbons (Fsp3) is 0.238. The number of hydrogen-bond acceptors (Lipinski definition) is 9. The van der Waals surface area contributed by atoms with E-state index in [-0.39, 0.29) is 18.2 Å². The van der Waals surface area contributed by atoms with Crippen LogP contribution in [0.1, 0.15) is 29.0 Å². The van der Waals surface area contributed by atoms with E-state index in [0.29, 0.717) is 29.8 Å². The van der Waals surface area contributed by atoms with Crippen molar-refractivity contribution in [1.29, 1.82) is 0 Å². The van der Waals surface area contributed by atoms with E-state index in [9.17, 15) is 9.59 Å². The van der Waals surface area contributed by atoms with Crippen molar-refractivity contribution in [1.82, 2.24) is 25.4 Å². The minimum absolute atomic E-state index is 0.0658. The first-order chi connectivity index (χ1) is 15.5. The minimum atomic E-state index is -0.175. The Kier molecular flexibility index (Phi) is 6.66.